The van der Waals surface area contributed by atoms with Crippen molar-refractivity contribution >= 4 is 0 Å². The Labute approximate surface area is 118 Å². The molecule has 0 amide bonds. The van der Waals surface area contributed by atoms with Crippen LogP contribution < -0.4 is 5.73 Å². The molecule has 1 aliphatic rings. The molecule has 0 radical (unpaired) electrons. The van der Waals surface area contributed by atoms with Crippen LogP contribution in [0.15, 0.2) is 18.2 Å². The molecule has 1 nitrogen and oxygen atoms in total. The van der Waals surface area contributed by atoms with Crippen LogP contribution in [0, 0.1) is 11.3 Å². The van der Waals surface area contributed by atoms with Crippen LogP contribution in [0.4, 0.5) is 0 Å². The fourth-order valence-corrected chi connectivity index (χ4v) is 3.09. The highest BCUT2D eigenvalue weighted by molar-refractivity contribution is 5.38. The average Bonchev–Trinajstić information content (AvgIpc) is 2.96. The normalized spacial score (nSPS) is 22.9. The lowest BCUT2D eigenvalue weighted by atomic mass is 9.86. The fourth-order valence-electron chi connectivity index (χ4n) is 3.09. The standard InChI is InChI=1S/C18H29N/c1-11(2)13-7-8-14(15(9-13)12(3)4)17(19)16-10-18(16,5)6/h7-9,11-12,16-17H,10,19H2,1-6H3. The quantitative estimate of drug-likeness (QED) is 0.811. The van der Waals surface area contributed by atoms with E-state index in [0.29, 0.717) is 23.2 Å². The Balaban J connectivity index is 2.34. The van der Waals surface area contributed by atoms with Crippen LogP contribution in [0.25, 0.3) is 0 Å². The van der Waals surface area contributed by atoms with E-state index in [4.69, 9.17) is 5.73 Å². The SMILES string of the molecule is CC(C)c1ccc(C(N)C2CC2(C)C)c(C(C)C)c1. The van der Waals surface area contributed by atoms with Crippen molar-refractivity contribution in [3.8, 4) is 0 Å². The second-order valence-corrected chi connectivity index (χ2v) is 7.52. The number of benzene rings is 1. The second-order valence-electron chi connectivity index (χ2n) is 7.52. The number of hydrogen-bond acceptors (Lipinski definition) is 1. The van der Waals surface area contributed by atoms with Gasteiger partial charge < -0.3 is 5.73 Å². The Morgan fingerprint density at radius 1 is 1.05 bits per heavy atom. The van der Waals surface area contributed by atoms with Gasteiger partial charge in [0.15, 0.2) is 0 Å². The van der Waals surface area contributed by atoms with E-state index in [0.717, 1.165) is 0 Å². The first-order valence-electron chi connectivity index (χ1n) is 7.63. The molecule has 19 heavy (non-hydrogen) atoms. The molecule has 1 aromatic rings. The molecule has 1 aliphatic carbocycles. The molecule has 2 unspecified atom stereocenters. The van der Waals surface area contributed by atoms with E-state index in [-0.39, 0.29) is 6.04 Å². The first-order valence-corrected chi connectivity index (χ1v) is 7.63. The summed E-state index contributed by atoms with van der Waals surface area (Å²) in [5, 5.41) is 0. The predicted octanol–water partition coefficient (Wildman–Crippen LogP) is 4.98. The first-order chi connectivity index (χ1) is 8.74. The minimum absolute atomic E-state index is 0.202. The molecule has 2 N–H and O–H groups in total. The largest absolute Gasteiger partial charge is 0.324 e. The lowest BCUT2D eigenvalue weighted by molar-refractivity contribution is 0.488. The molecule has 2 rings (SSSR count). The van der Waals surface area contributed by atoms with Crippen molar-refractivity contribution in [3.63, 3.8) is 0 Å². The Morgan fingerprint density at radius 2 is 1.63 bits per heavy atom. The van der Waals surface area contributed by atoms with Crippen LogP contribution in [0.2, 0.25) is 0 Å². The van der Waals surface area contributed by atoms with Gasteiger partial charge in [-0.3, -0.25) is 0 Å². The lowest BCUT2D eigenvalue weighted by Crippen LogP contribution is -2.18. The molecule has 1 aromatic carbocycles. The molecule has 106 valence electrons. The summed E-state index contributed by atoms with van der Waals surface area (Å²) in [6.45, 7) is 13.7. The van der Waals surface area contributed by atoms with Gasteiger partial charge in [0.25, 0.3) is 0 Å². The highest BCUT2D eigenvalue weighted by Gasteiger charge is 2.49. The molecule has 1 saturated carbocycles. The average molecular weight is 259 g/mol. The van der Waals surface area contributed by atoms with Crippen molar-refractivity contribution in [3.05, 3.63) is 34.9 Å². The van der Waals surface area contributed by atoms with Gasteiger partial charge in [-0.2, -0.15) is 0 Å². The molecule has 0 aliphatic heterocycles. The summed E-state index contributed by atoms with van der Waals surface area (Å²) >= 11 is 0. The molecule has 1 heteroatoms. The van der Waals surface area contributed by atoms with Crippen molar-refractivity contribution < 1.29 is 0 Å². The highest BCUT2D eigenvalue weighted by Crippen LogP contribution is 2.57. The summed E-state index contributed by atoms with van der Waals surface area (Å²) in [5.41, 5.74) is 11.2. The molecule has 0 aromatic heterocycles. The van der Waals surface area contributed by atoms with Crippen molar-refractivity contribution in [2.75, 3.05) is 0 Å². The highest BCUT2D eigenvalue weighted by atomic mass is 14.7. The van der Waals surface area contributed by atoms with Gasteiger partial charge in [0.2, 0.25) is 0 Å². The Bertz CT molecular complexity index is 457. The molecular weight excluding hydrogens is 230 g/mol. The van der Waals surface area contributed by atoms with Gasteiger partial charge in [0.05, 0.1) is 0 Å². The Hall–Kier alpha value is -0.820. The Morgan fingerprint density at radius 3 is 2.05 bits per heavy atom. The Kier molecular flexibility index (Phi) is 3.79. The van der Waals surface area contributed by atoms with E-state index in [1.807, 2.05) is 0 Å². The molecule has 0 saturated heterocycles. The maximum Gasteiger partial charge on any atom is 0.0331 e. The summed E-state index contributed by atoms with van der Waals surface area (Å²) in [4.78, 5) is 0. The lowest BCUT2D eigenvalue weighted by Gasteiger charge is -2.22. The van der Waals surface area contributed by atoms with E-state index in [1.54, 1.807) is 0 Å². The fraction of sp³-hybridized carbons (Fsp3) is 0.667. The molecule has 1 fully saturated rings. The summed E-state index contributed by atoms with van der Waals surface area (Å²) < 4.78 is 0. The van der Waals surface area contributed by atoms with Gasteiger partial charge in [0.1, 0.15) is 0 Å². The van der Waals surface area contributed by atoms with Gasteiger partial charge in [0, 0.05) is 6.04 Å². The van der Waals surface area contributed by atoms with Crippen molar-refractivity contribution in [2.45, 2.75) is 65.8 Å². The van der Waals surface area contributed by atoms with Crippen molar-refractivity contribution in [1.29, 1.82) is 0 Å². The third-order valence-corrected chi connectivity index (χ3v) is 4.78. The third-order valence-electron chi connectivity index (χ3n) is 4.78. The predicted molar refractivity (Wildman–Crippen MR) is 83.4 cm³/mol. The van der Waals surface area contributed by atoms with Crippen molar-refractivity contribution in [1.82, 2.24) is 0 Å². The van der Waals surface area contributed by atoms with Crippen LogP contribution in [-0.4, -0.2) is 0 Å². The van der Waals surface area contributed by atoms with Crippen LogP contribution >= 0.6 is 0 Å². The minimum atomic E-state index is 0.202. The zero-order valence-electron chi connectivity index (χ0n) is 13.3. The van der Waals surface area contributed by atoms with Crippen LogP contribution in [0.3, 0.4) is 0 Å². The van der Waals surface area contributed by atoms with E-state index < -0.39 is 0 Å². The third kappa shape index (κ3) is 2.86. The second kappa shape index (κ2) is 4.94. The maximum atomic E-state index is 6.54. The molecular formula is C18H29N. The smallest absolute Gasteiger partial charge is 0.0331 e. The van der Waals surface area contributed by atoms with Crippen molar-refractivity contribution in [2.24, 2.45) is 17.1 Å². The minimum Gasteiger partial charge on any atom is -0.324 e. The summed E-state index contributed by atoms with van der Waals surface area (Å²) in [6, 6.07) is 7.12. The van der Waals surface area contributed by atoms with Gasteiger partial charge in [-0.25, -0.2) is 0 Å². The summed E-state index contributed by atoms with van der Waals surface area (Å²) in [7, 11) is 0. The van der Waals surface area contributed by atoms with E-state index in [2.05, 4.69) is 59.7 Å². The van der Waals surface area contributed by atoms with Gasteiger partial charge in [-0.15, -0.1) is 0 Å². The van der Waals surface area contributed by atoms with Gasteiger partial charge in [-0.05, 0) is 46.3 Å². The monoisotopic (exact) mass is 259 g/mol. The zero-order chi connectivity index (χ0) is 14.4. The molecule has 2 atom stereocenters. The van der Waals surface area contributed by atoms with Crippen LogP contribution in [-0.2, 0) is 0 Å². The van der Waals surface area contributed by atoms with E-state index >= 15 is 0 Å². The van der Waals surface area contributed by atoms with E-state index in [1.165, 1.54) is 23.1 Å². The summed E-state index contributed by atoms with van der Waals surface area (Å²) in [6.07, 6.45) is 1.26. The van der Waals surface area contributed by atoms with Crippen LogP contribution in [0.5, 0.6) is 0 Å². The first kappa shape index (κ1) is 14.6. The van der Waals surface area contributed by atoms with Crippen LogP contribution in [0.1, 0.15) is 82.5 Å². The van der Waals surface area contributed by atoms with E-state index in [9.17, 15) is 0 Å². The van der Waals surface area contributed by atoms with Gasteiger partial charge >= 0.3 is 0 Å². The summed E-state index contributed by atoms with van der Waals surface area (Å²) in [5.74, 6) is 1.77. The topological polar surface area (TPSA) is 26.0 Å². The molecule has 0 heterocycles. The molecule has 0 bridgehead atoms. The van der Waals surface area contributed by atoms with Gasteiger partial charge in [-0.1, -0.05) is 59.7 Å². The zero-order valence-corrected chi connectivity index (χ0v) is 13.3. The number of nitrogens with two attached hydrogens (primary N) is 1. The number of rotatable bonds is 4. The molecule has 0 spiro atoms. The number of hydrogen-bond donors (Lipinski definition) is 1. The maximum absolute atomic E-state index is 6.54.